The van der Waals surface area contributed by atoms with Crippen LogP contribution in [0.4, 0.5) is 0 Å². The molecule has 1 aromatic heterocycles. The highest BCUT2D eigenvalue weighted by Gasteiger charge is 2.12. The van der Waals surface area contributed by atoms with Gasteiger partial charge >= 0.3 is 0 Å². The van der Waals surface area contributed by atoms with Gasteiger partial charge in [-0.3, -0.25) is 0 Å². The zero-order chi connectivity index (χ0) is 8.39. The minimum absolute atomic E-state index is 0.724. The van der Waals surface area contributed by atoms with Gasteiger partial charge < -0.3 is 9.42 Å². The molecule has 4 heteroatoms. The normalized spacial score (nSPS) is 19.2. The lowest BCUT2D eigenvalue weighted by Crippen LogP contribution is -2.25. The van der Waals surface area contributed by atoms with E-state index in [9.17, 15) is 0 Å². The van der Waals surface area contributed by atoms with Gasteiger partial charge in [0.05, 0.1) is 0 Å². The zero-order valence-electron chi connectivity index (χ0n) is 7.03. The second-order valence-corrected chi connectivity index (χ2v) is 3.01. The van der Waals surface area contributed by atoms with E-state index in [0.29, 0.717) is 0 Å². The number of nitrogens with zero attached hydrogens (tertiary/aromatic N) is 3. The minimum atomic E-state index is 0.724. The lowest BCUT2D eigenvalue weighted by molar-refractivity contribution is 0.369. The zero-order valence-corrected chi connectivity index (χ0v) is 7.03. The molecule has 2 heterocycles. The molecule has 0 fully saturated rings. The van der Waals surface area contributed by atoms with Crippen molar-refractivity contribution >= 4 is 5.57 Å². The van der Waals surface area contributed by atoms with Gasteiger partial charge in [-0.25, -0.2) is 0 Å². The first kappa shape index (κ1) is 7.49. The molecule has 0 spiro atoms. The Balaban J connectivity index is 2.19. The summed E-state index contributed by atoms with van der Waals surface area (Å²) in [5, 5.41) is 3.79. The summed E-state index contributed by atoms with van der Waals surface area (Å²) in [6, 6.07) is 0. The molecular formula is C8H11N3O. The molecular weight excluding hydrogens is 154 g/mol. The van der Waals surface area contributed by atoms with E-state index in [1.165, 1.54) is 6.39 Å². The summed E-state index contributed by atoms with van der Waals surface area (Å²) < 4.78 is 4.68. The molecule has 0 bridgehead atoms. The highest BCUT2D eigenvalue weighted by atomic mass is 16.5. The van der Waals surface area contributed by atoms with Crippen LogP contribution < -0.4 is 0 Å². The van der Waals surface area contributed by atoms with Crippen LogP contribution in [0.1, 0.15) is 12.2 Å². The quantitative estimate of drug-likeness (QED) is 0.617. The minimum Gasteiger partial charge on any atom is -0.342 e. The fourth-order valence-electron chi connectivity index (χ4n) is 1.37. The van der Waals surface area contributed by atoms with Crippen LogP contribution in [0.3, 0.4) is 0 Å². The van der Waals surface area contributed by atoms with Gasteiger partial charge in [0.1, 0.15) is 0 Å². The van der Waals surface area contributed by atoms with Crippen molar-refractivity contribution in [2.75, 3.05) is 20.1 Å². The molecule has 2 rings (SSSR count). The Morgan fingerprint density at radius 2 is 2.50 bits per heavy atom. The summed E-state index contributed by atoms with van der Waals surface area (Å²) in [6.45, 7) is 2.03. The van der Waals surface area contributed by atoms with Crippen LogP contribution in [0, 0.1) is 0 Å². The van der Waals surface area contributed by atoms with Gasteiger partial charge in [-0.1, -0.05) is 11.2 Å². The molecule has 0 N–H and O–H groups in total. The second-order valence-electron chi connectivity index (χ2n) is 3.01. The average molecular weight is 165 g/mol. The topological polar surface area (TPSA) is 42.2 Å². The van der Waals surface area contributed by atoms with Gasteiger partial charge in [0.2, 0.25) is 6.39 Å². The first-order valence-corrected chi connectivity index (χ1v) is 4.00. The maximum atomic E-state index is 4.68. The molecule has 12 heavy (non-hydrogen) atoms. The highest BCUT2D eigenvalue weighted by molar-refractivity contribution is 5.61. The average Bonchev–Trinajstić information content (AvgIpc) is 2.56. The van der Waals surface area contributed by atoms with Gasteiger partial charge in [0.15, 0.2) is 5.82 Å². The van der Waals surface area contributed by atoms with Gasteiger partial charge in [-0.2, -0.15) is 4.98 Å². The summed E-state index contributed by atoms with van der Waals surface area (Å²) in [7, 11) is 2.09. The molecule has 0 aliphatic carbocycles. The Bertz CT molecular complexity index is 279. The fraction of sp³-hybridized carbons (Fsp3) is 0.500. The molecule has 0 atom stereocenters. The van der Waals surface area contributed by atoms with E-state index >= 15 is 0 Å². The third kappa shape index (κ3) is 1.38. The summed E-state index contributed by atoms with van der Waals surface area (Å²) in [6.07, 6.45) is 4.61. The molecule has 1 aromatic rings. The standard InChI is InChI=1S/C8H11N3O/c1-11-4-2-3-7(5-11)8-9-6-12-10-8/h3,6H,2,4-5H2,1H3. The van der Waals surface area contributed by atoms with E-state index in [1.807, 2.05) is 0 Å². The van der Waals surface area contributed by atoms with Crippen molar-refractivity contribution < 1.29 is 4.52 Å². The first-order chi connectivity index (χ1) is 5.86. The number of rotatable bonds is 1. The van der Waals surface area contributed by atoms with Crippen molar-refractivity contribution in [3.05, 3.63) is 18.3 Å². The fourth-order valence-corrected chi connectivity index (χ4v) is 1.37. The highest BCUT2D eigenvalue weighted by Crippen LogP contribution is 2.15. The van der Waals surface area contributed by atoms with E-state index in [-0.39, 0.29) is 0 Å². The molecule has 4 nitrogen and oxygen atoms in total. The van der Waals surface area contributed by atoms with Crippen molar-refractivity contribution in [1.29, 1.82) is 0 Å². The van der Waals surface area contributed by atoms with Crippen molar-refractivity contribution in [3.63, 3.8) is 0 Å². The van der Waals surface area contributed by atoms with Crippen LogP contribution in [0.25, 0.3) is 5.57 Å². The Kier molecular flexibility index (Phi) is 1.91. The van der Waals surface area contributed by atoms with Crippen LogP contribution in [0.5, 0.6) is 0 Å². The van der Waals surface area contributed by atoms with Crippen LogP contribution >= 0.6 is 0 Å². The van der Waals surface area contributed by atoms with Crippen LogP contribution in [0.15, 0.2) is 17.0 Å². The molecule has 0 radical (unpaired) electrons. The Morgan fingerprint density at radius 3 is 3.17 bits per heavy atom. The lowest BCUT2D eigenvalue weighted by Gasteiger charge is -2.20. The molecule has 1 aliphatic heterocycles. The molecule has 0 saturated heterocycles. The van der Waals surface area contributed by atoms with Crippen molar-refractivity contribution in [2.24, 2.45) is 0 Å². The SMILES string of the molecule is CN1CCC=C(c2ncon2)C1. The second kappa shape index (κ2) is 3.06. The number of likely N-dealkylation sites (N-methyl/N-ethyl adjacent to an activating group) is 1. The van der Waals surface area contributed by atoms with Crippen LogP contribution in [-0.4, -0.2) is 35.2 Å². The van der Waals surface area contributed by atoms with Gasteiger partial charge in [0, 0.05) is 18.7 Å². The molecule has 64 valence electrons. The summed E-state index contributed by atoms with van der Waals surface area (Å²) >= 11 is 0. The molecule has 0 unspecified atom stereocenters. The van der Waals surface area contributed by atoms with E-state index in [0.717, 1.165) is 30.9 Å². The summed E-state index contributed by atoms with van der Waals surface area (Å²) in [4.78, 5) is 6.24. The summed E-state index contributed by atoms with van der Waals surface area (Å²) in [5.74, 6) is 0.724. The van der Waals surface area contributed by atoms with Gasteiger partial charge in [-0.05, 0) is 13.5 Å². The van der Waals surface area contributed by atoms with Crippen molar-refractivity contribution in [1.82, 2.24) is 15.0 Å². The van der Waals surface area contributed by atoms with E-state index in [4.69, 9.17) is 0 Å². The van der Waals surface area contributed by atoms with E-state index < -0.39 is 0 Å². The molecule has 0 aromatic carbocycles. The van der Waals surface area contributed by atoms with E-state index in [1.54, 1.807) is 0 Å². The maximum absolute atomic E-state index is 4.68. The number of hydrogen-bond acceptors (Lipinski definition) is 4. The van der Waals surface area contributed by atoms with Gasteiger partial charge in [-0.15, -0.1) is 0 Å². The smallest absolute Gasteiger partial charge is 0.214 e. The Morgan fingerprint density at radius 1 is 1.58 bits per heavy atom. The monoisotopic (exact) mass is 165 g/mol. The predicted octanol–water partition coefficient (Wildman–Crippen LogP) is 0.788. The van der Waals surface area contributed by atoms with Crippen LogP contribution in [0.2, 0.25) is 0 Å². The first-order valence-electron chi connectivity index (χ1n) is 4.00. The third-order valence-electron chi connectivity index (χ3n) is 1.99. The summed E-state index contributed by atoms with van der Waals surface area (Å²) in [5.41, 5.74) is 1.16. The van der Waals surface area contributed by atoms with Gasteiger partial charge in [0.25, 0.3) is 0 Å². The maximum Gasteiger partial charge on any atom is 0.214 e. The largest absolute Gasteiger partial charge is 0.342 e. The van der Waals surface area contributed by atoms with Crippen LogP contribution in [-0.2, 0) is 0 Å². The lowest BCUT2D eigenvalue weighted by atomic mass is 10.1. The Labute approximate surface area is 70.9 Å². The van der Waals surface area contributed by atoms with Crippen molar-refractivity contribution in [3.8, 4) is 0 Å². The van der Waals surface area contributed by atoms with Crippen molar-refractivity contribution in [2.45, 2.75) is 6.42 Å². The number of hydrogen-bond donors (Lipinski definition) is 0. The number of aromatic nitrogens is 2. The van der Waals surface area contributed by atoms with E-state index in [2.05, 4.69) is 32.7 Å². The predicted molar refractivity (Wildman–Crippen MR) is 44.4 cm³/mol. The molecule has 0 amide bonds. The Hall–Kier alpha value is -1.16. The third-order valence-corrected chi connectivity index (χ3v) is 1.99. The molecule has 0 saturated carbocycles. The molecule has 1 aliphatic rings.